The van der Waals surface area contributed by atoms with Crippen LogP contribution in [-0.4, -0.2) is 39.0 Å². The second kappa shape index (κ2) is 10.5. The van der Waals surface area contributed by atoms with Crippen LogP contribution in [0.15, 0.2) is 23.3 Å². The second-order valence-corrected chi connectivity index (χ2v) is 15.3. The molecule has 2 fully saturated rings. The summed E-state index contributed by atoms with van der Waals surface area (Å²) in [4.78, 5) is 0. The van der Waals surface area contributed by atoms with Gasteiger partial charge in [0.2, 0.25) is 0 Å². The Kier molecular flexibility index (Phi) is 10.0. The summed E-state index contributed by atoms with van der Waals surface area (Å²) in [7, 11) is 8.39. The summed E-state index contributed by atoms with van der Waals surface area (Å²) in [6.07, 6.45) is 6.21. The molecule has 0 amide bonds. The molecule has 3 rings (SSSR count). The van der Waals surface area contributed by atoms with E-state index in [1.165, 1.54) is 19.5 Å². The third kappa shape index (κ3) is 5.25. The molecule has 2 nitrogen and oxygen atoms in total. The molecule has 4 atom stereocenters. The molecule has 3 aliphatic rings. The van der Waals surface area contributed by atoms with Gasteiger partial charge in [-0.3, -0.25) is 0 Å². The average molecular weight is 437 g/mol. The van der Waals surface area contributed by atoms with Crippen molar-refractivity contribution in [2.45, 2.75) is 45.8 Å². The molecule has 0 bridgehead atoms. The van der Waals surface area contributed by atoms with E-state index in [1.807, 2.05) is 0 Å². The summed E-state index contributed by atoms with van der Waals surface area (Å²) >= 11 is -0.556. The molecule has 2 aliphatic carbocycles. The Labute approximate surface area is 173 Å². The first-order chi connectivity index (χ1) is 11.3. The second-order valence-electron chi connectivity index (χ2n) is 8.08. The molecule has 1 heterocycles. The van der Waals surface area contributed by atoms with Crippen LogP contribution in [0.2, 0.25) is 18.6 Å². The average Bonchev–Trinajstić information content (AvgIpc) is 2.92. The standard InChI is InChI=1S/C18H31N2Si.CH3.2ClH.Ti/c1-13-6-7-14(2)18-16(12-15(3)17(13)18)21(4,5)20-10-8-19-9-11-20;;;;/h6-7,15-18H,8-12H2,1-5H3;1H3;2*1H;/q2*-1;;;+2/p-2/t15-,16?,17?,18?;;;;/m0..../s1. The van der Waals surface area contributed by atoms with E-state index < -0.39 is 25.3 Å². The van der Waals surface area contributed by atoms with Crippen LogP contribution in [0.4, 0.5) is 0 Å². The molecular formula is C19H34Cl2N2SiTi-2. The molecule has 6 heteroatoms. The van der Waals surface area contributed by atoms with Gasteiger partial charge in [0, 0.05) is 0 Å². The molecule has 3 unspecified atom stereocenters. The fourth-order valence-corrected chi connectivity index (χ4v) is 9.38. The van der Waals surface area contributed by atoms with Crippen molar-refractivity contribution in [3.05, 3.63) is 36.0 Å². The van der Waals surface area contributed by atoms with Crippen LogP contribution in [0.5, 0.6) is 0 Å². The molecule has 0 N–H and O–H groups in total. The molecule has 1 saturated carbocycles. The van der Waals surface area contributed by atoms with Gasteiger partial charge >= 0.3 is 35.6 Å². The molecule has 0 aromatic rings. The summed E-state index contributed by atoms with van der Waals surface area (Å²) in [6.45, 7) is 17.0. The minimum atomic E-state index is -1.39. The monoisotopic (exact) mass is 436 g/mol. The zero-order chi connectivity index (χ0) is 17.9. The van der Waals surface area contributed by atoms with E-state index >= 15 is 0 Å². The van der Waals surface area contributed by atoms with Crippen molar-refractivity contribution in [1.82, 2.24) is 4.57 Å². The number of hydrogen-bond donors (Lipinski definition) is 0. The number of allylic oxidation sites excluding steroid dienone is 4. The fraction of sp³-hybridized carbons (Fsp3) is 0.737. The number of nitrogens with zero attached hydrogens (tertiary/aromatic N) is 2. The Morgan fingerprint density at radius 3 is 2.08 bits per heavy atom. The predicted molar refractivity (Wildman–Crippen MR) is 112 cm³/mol. The van der Waals surface area contributed by atoms with Gasteiger partial charge in [-0.25, -0.2) is 0 Å². The van der Waals surface area contributed by atoms with Gasteiger partial charge in [0.25, 0.3) is 0 Å². The number of hydrogen-bond acceptors (Lipinski definition) is 1. The molecule has 0 aromatic carbocycles. The van der Waals surface area contributed by atoms with E-state index in [-0.39, 0.29) is 7.43 Å². The molecule has 1 saturated heterocycles. The van der Waals surface area contributed by atoms with Crippen LogP contribution in [0.1, 0.15) is 27.2 Å². The van der Waals surface area contributed by atoms with Gasteiger partial charge in [0.15, 0.2) is 0 Å². The van der Waals surface area contributed by atoms with Crippen LogP contribution in [-0.2, 0) is 17.0 Å². The first-order valence-corrected chi connectivity index (χ1v) is 16.4. The number of fused-ring (bicyclic) bond motifs is 1. The van der Waals surface area contributed by atoms with Gasteiger partial charge in [-0.2, -0.15) is 0 Å². The molecule has 144 valence electrons. The van der Waals surface area contributed by atoms with Crippen molar-refractivity contribution in [3.8, 4) is 0 Å². The van der Waals surface area contributed by atoms with Gasteiger partial charge in [0.1, 0.15) is 8.24 Å². The van der Waals surface area contributed by atoms with Crippen LogP contribution in [0.3, 0.4) is 0 Å². The van der Waals surface area contributed by atoms with E-state index in [0.717, 1.165) is 36.4 Å². The molecule has 25 heavy (non-hydrogen) atoms. The molecule has 0 spiro atoms. The Bertz CT molecular complexity index is 490. The maximum absolute atomic E-state index is 4.89. The fourth-order valence-electron chi connectivity index (χ4n) is 5.26. The van der Waals surface area contributed by atoms with Crippen LogP contribution in [0.25, 0.3) is 5.32 Å². The van der Waals surface area contributed by atoms with Crippen molar-refractivity contribution in [1.29, 1.82) is 0 Å². The summed E-state index contributed by atoms with van der Waals surface area (Å²) in [5.41, 5.74) is 4.18. The third-order valence-corrected chi connectivity index (χ3v) is 11.0. The van der Waals surface area contributed by atoms with Crippen molar-refractivity contribution in [2.75, 3.05) is 26.2 Å². The Morgan fingerprint density at radius 1 is 1.08 bits per heavy atom. The summed E-state index contributed by atoms with van der Waals surface area (Å²) < 4.78 is 2.85. The Balaban J connectivity index is 0.000000730. The van der Waals surface area contributed by atoms with E-state index in [4.69, 9.17) is 18.6 Å². The predicted octanol–water partition coefficient (Wildman–Crippen LogP) is 6.26. The number of halogens is 2. The van der Waals surface area contributed by atoms with Gasteiger partial charge < -0.3 is 17.3 Å². The molecule has 0 radical (unpaired) electrons. The van der Waals surface area contributed by atoms with Gasteiger partial charge in [0.05, 0.1) is 0 Å². The molecule has 1 aliphatic heterocycles. The van der Waals surface area contributed by atoms with E-state index in [2.05, 4.69) is 55.9 Å². The van der Waals surface area contributed by atoms with Gasteiger partial charge in [-0.05, 0) is 56.7 Å². The normalized spacial score (nSPS) is 32.4. The number of piperazine rings is 1. The van der Waals surface area contributed by atoms with Crippen molar-refractivity contribution >= 4 is 26.8 Å². The van der Waals surface area contributed by atoms with Crippen LogP contribution < -0.4 is 0 Å². The van der Waals surface area contributed by atoms with E-state index in [9.17, 15) is 0 Å². The first-order valence-electron chi connectivity index (χ1n) is 9.04. The molecule has 0 aromatic heterocycles. The van der Waals surface area contributed by atoms with Crippen LogP contribution in [0, 0.1) is 25.2 Å². The Morgan fingerprint density at radius 2 is 1.56 bits per heavy atom. The van der Waals surface area contributed by atoms with Crippen molar-refractivity contribution in [2.24, 2.45) is 17.8 Å². The van der Waals surface area contributed by atoms with E-state index in [1.54, 1.807) is 11.1 Å². The van der Waals surface area contributed by atoms with Crippen molar-refractivity contribution in [3.63, 3.8) is 0 Å². The number of rotatable bonds is 2. The van der Waals surface area contributed by atoms with Gasteiger partial charge in [-0.1, -0.05) is 43.3 Å². The minimum absolute atomic E-state index is 0. The SMILES string of the molecule is CC1=CC=C(C)C2C1C([Si](C)(C)N1CC[N-]CC1)C[C@@H]2C.[CH3-].[Cl][Ti][Cl]. The van der Waals surface area contributed by atoms with E-state index in [0.29, 0.717) is 0 Å². The zero-order valence-electron chi connectivity index (χ0n) is 16.6. The first kappa shape index (κ1) is 23.9. The Hall–Kier alpha value is 0.911. The van der Waals surface area contributed by atoms with Crippen LogP contribution >= 0.6 is 18.6 Å². The summed E-state index contributed by atoms with van der Waals surface area (Å²) in [5.74, 6) is 2.47. The molecular weight excluding hydrogens is 403 g/mol. The zero-order valence-corrected chi connectivity index (χ0v) is 20.7. The summed E-state index contributed by atoms with van der Waals surface area (Å²) in [5, 5.41) is 4.55. The van der Waals surface area contributed by atoms with Gasteiger partial charge in [-0.15, -0.1) is 13.1 Å². The topological polar surface area (TPSA) is 17.3 Å². The van der Waals surface area contributed by atoms with Crippen molar-refractivity contribution < 1.29 is 17.0 Å². The maximum atomic E-state index is 4.89. The third-order valence-electron chi connectivity index (χ3n) is 6.50. The quantitative estimate of drug-likeness (QED) is 0.368. The summed E-state index contributed by atoms with van der Waals surface area (Å²) in [6, 6.07) is 0.